The van der Waals surface area contributed by atoms with E-state index in [1.165, 1.54) is 16.0 Å². The molecule has 0 bridgehead atoms. The summed E-state index contributed by atoms with van der Waals surface area (Å²) in [5.41, 5.74) is 9.68. The van der Waals surface area contributed by atoms with Gasteiger partial charge in [0.1, 0.15) is 5.60 Å². The normalized spacial score (nSPS) is 18.5. The van der Waals surface area contributed by atoms with Gasteiger partial charge in [-0.3, -0.25) is 9.59 Å². The van der Waals surface area contributed by atoms with E-state index in [1.54, 1.807) is 37.5 Å². The van der Waals surface area contributed by atoms with Gasteiger partial charge < -0.3 is 25.0 Å². The molecule has 1 unspecified atom stereocenters. The molecule has 0 radical (unpaired) electrons. The maximum atomic E-state index is 14.4. The molecule has 1 aliphatic carbocycles. The molecule has 2 aromatic rings. The number of amides is 3. The summed E-state index contributed by atoms with van der Waals surface area (Å²) in [6.07, 6.45) is 5.32. The van der Waals surface area contributed by atoms with Crippen molar-refractivity contribution >= 4 is 17.9 Å². The summed E-state index contributed by atoms with van der Waals surface area (Å²) in [5, 5.41) is 8.95. The lowest BCUT2D eigenvalue weighted by Crippen LogP contribution is -2.57. The van der Waals surface area contributed by atoms with Crippen LogP contribution >= 0.6 is 0 Å². The minimum Gasteiger partial charge on any atom is -0.444 e. The summed E-state index contributed by atoms with van der Waals surface area (Å²) in [4.78, 5) is 43.2. The predicted octanol–water partition coefficient (Wildman–Crippen LogP) is 3.93. The molecule has 0 spiro atoms. The van der Waals surface area contributed by atoms with Crippen LogP contribution in [0.2, 0.25) is 0 Å². The van der Waals surface area contributed by atoms with E-state index in [0.29, 0.717) is 31.7 Å². The van der Waals surface area contributed by atoms with Crippen LogP contribution in [0.1, 0.15) is 87.6 Å². The minimum absolute atomic E-state index is 0.129. The van der Waals surface area contributed by atoms with Gasteiger partial charge in [0.2, 0.25) is 5.91 Å². The number of rotatable bonds is 11. The molecule has 1 fully saturated rings. The fraction of sp³-hybridized carbons (Fsp3) is 0.656. The Morgan fingerprint density at radius 3 is 2.53 bits per heavy atom. The minimum atomic E-state index is -0.701. The average Bonchev–Trinajstić information content (AvgIpc) is 3.59. The predicted molar refractivity (Wildman–Crippen MR) is 163 cm³/mol. The van der Waals surface area contributed by atoms with E-state index < -0.39 is 29.6 Å². The van der Waals surface area contributed by atoms with E-state index >= 15 is 0 Å². The third kappa shape index (κ3) is 8.13. The Morgan fingerprint density at radius 1 is 1.12 bits per heavy atom. The van der Waals surface area contributed by atoms with E-state index in [2.05, 4.69) is 28.5 Å². The van der Waals surface area contributed by atoms with Crippen LogP contribution in [0.5, 0.6) is 0 Å². The van der Waals surface area contributed by atoms with Crippen molar-refractivity contribution in [2.45, 2.75) is 91.2 Å². The third-order valence-electron chi connectivity index (χ3n) is 8.05. The number of primary amides is 1. The van der Waals surface area contributed by atoms with Crippen LogP contribution in [0.15, 0.2) is 18.2 Å². The summed E-state index contributed by atoms with van der Waals surface area (Å²) in [6.45, 7) is 10.9. The van der Waals surface area contributed by atoms with Gasteiger partial charge in [0, 0.05) is 33.4 Å². The Morgan fingerprint density at radius 2 is 1.86 bits per heavy atom. The highest BCUT2D eigenvalue weighted by Crippen LogP contribution is 2.28. The SMILES string of the molecule is COCCCCc1c(C(=O)N(CC(C)C)[C@H]2CC(C(N)=O)CN(C(=O)OC(C)(C)C)C2)nnn1-c1ccc2c(c1)CCC2. The molecule has 1 aromatic carbocycles. The molecule has 4 rings (SSSR count). The Balaban J connectivity index is 1.69. The summed E-state index contributed by atoms with van der Waals surface area (Å²) in [7, 11) is 1.68. The molecule has 11 nitrogen and oxygen atoms in total. The molecule has 2 heterocycles. The van der Waals surface area contributed by atoms with Gasteiger partial charge in [-0.2, -0.15) is 0 Å². The number of piperidine rings is 1. The molecular weight excluding hydrogens is 548 g/mol. The first kappa shape index (κ1) is 32.4. The summed E-state index contributed by atoms with van der Waals surface area (Å²) < 4.78 is 12.7. The van der Waals surface area contributed by atoms with Gasteiger partial charge in [-0.05, 0) is 94.9 Å². The van der Waals surface area contributed by atoms with E-state index in [4.69, 9.17) is 15.2 Å². The number of nitrogens with zero attached hydrogens (tertiary/aromatic N) is 5. The Labute approximate surface area is 255 Å². The van der Waals surface area contributed by atoms with Crippen molar-refractivity contribution < 1.29 is 23.9 Å². The van der Waals surface area contributed by atoms with Crippen molar-refractivity contribution in [3.05, 3.63) is 40.7 Å². The van der Waals surface area contributed by atoms with Crippen LogP contribution in [0.4, 0.5) is 4.79 Å². The van der Waals surface area contributed by atoms with Gasteiger partial charge in [0.15, 0.2) is 5.69 Å². The number of unbranched alkanes of at least 4 members (excludes halogenated alkanes) is 1. The Hall–Kier alpha value is -3.47. The second kappa shape index (κ2) is 13.9. The molecule has 236 valence electrons. The van der Waals surface area contributed by atoms with Crippen molar-refractivity contribution in [3.8, 4) is 5.69 Å². The number of likely N-dealkylation sites (tertiary alicyclic amines) is 1. The van der Waals surface area contributed by atoms with E-state index in [0.717, 1.165) is 43.5 Å². The number of carbonyl (C=O) groups is 3. The maximum Gasteiger partial charge on any atom is 0.410 e. The van der Waals surface area contributed by atoms with Crippen LogP contribution < -0.4 is 5.73 Å². The lowest BCUT2D eigenvalue weighted by Gasteiger charge is -2.42. The zero-order valence-corrected chi connectivity index (χ0v) is 26.6. The summed E-state index contributed by atoms with van der Waals surface area (Å²) in [5.74, 6) is -1.24. The van der Waals surface area contributed by atoms with Gasteiger partial charge in [-0.25, -0.2) is 9.48 Å². The molecular formula is C32H48N6O5. The van der Waals surface area contributed by atoms with Gasteiger partial charge >= 0.3 is 6.09 Å². The molecule has 1 aliphatic heterocycles. The first-order valence-corrected chi connectivity index (χ1v) is 15.5. The fourth-order valence-corrected chi connectivity index (χ4v) is 6.04. The molecule has 2 aliphatic rings. The van der Waals surface area contributed by atoms with E-state index in [-0.39, 0.29) is 24.9 Å². The molecule has 1 aromatic heterocycles. The molecule has 0 saturated carbocycles. The summed E-state index contributed by atoms with van der Waals surface area (Å²) in [6, 6.07) is 5.92. The highest BCUT2D eigenvalue weighted by atomic mass is 16.6. The lowest BCUT2D eigenvalue weighted by molar-refractivity contribution is -0.124. The molecule has 11 heteroatoms. The van der Waals surface area contributed by atoms with E-state index in [9.17, 15) is 14.4 Å². The Kier molecular flexibility index (Phi) is 10.5. The van der Waals surface area contributed by atoms with Gasteiger partial charge in [0.05, 0.1) is 23.3 Å². The number of nitrogens with two attached hydrogens (primary N) is 1. The zero-order chi connectivity index (χ0) is 31.3. The molecule has 2 atom stereocenters. The van der Waals surface area contributed by atoms with Crippen molar-refractivity contribution in [3.63, 3.8) is 0 Å². The standard InChI is InChI=1S/C32H48N6O5/c1-21(2)18-37(26-17-24(29(33)39)19-36(20-26)31(41)43-32(3,4)5)30(40)28-27(12-7-8-15-42-6)38(35-34-28)25-14-13-22-10-9-11-23(22)16-25/h13-14,16,21,24,26H,7-12,15,17-20H2,1-6H3,(H2,33,39)/t24?,26-/m0/s1. The first-order chi connectivity index (χ1) is 20.4. The second-order valence-electron chi connectivity index (χ2n) is 13.3. The lowest BCUT2D eigenvalue weighted by atomic mass is 9.92. The number of hydrogen-bond acceptors (Lipinski definition) is 7. The first-order valence-electron chi connectivity index (χ1n) is 15.5. The number of aromatic nitrogens is 3. The van der Waals surface area contributed by atoms with Crippen LogP contribution in [0.3, 0.4) is 0 Å². The monoisotopic (exact) mass is 596 g/mol. The number of methoxy groups -OCH3 is 1. The van der Waals surface area contributed by atoms with Crippen LogP contribution in [0.25, 0.3) is 5.69 Å². The number of benzene rings is 1. The highest BCUT2D eigenvalue weighted by Gasteiger charge is 2.40. The van der Waals surface area contributed by atoms with Crippen LogP contribution in [0, 0.1) is 11.8 Å². The van der Waals surface area contributed by atoms with E-state index in [1.807, 2.05) is 13.8 Å². The number of fused-ring (bicyclic) bond motifs is 1. The third-order valence-corrected chi connectivity index (χ3v) is 8.05. The summed E-state index contributed by atoms with van der Waals surface area (Å²) >= 11 is 0. The fourth-order valence-electron chi connectivity index (χ4n) is 6.04. The maximum absolute atomic E-state index is 14.4. The topological polar surface area (TPSA) is 133 Å². The van der Waals surface area contributed by atoms with Gasteiger partial charge in [-0.1, -0.05) is 25.1 Å². The van der Waals surface area contributed by atoms with Crippen LogP contribution in [-0.2, 0) is 33.5 Å². The van der Waals surface area contributed by atoms with Crippen LogP contribution in [-0.4, -0.2) is 87.7 Å². The van der Waals surface area contributed by atoms with Crippen molar-refractivity contribution in [1.82, 2.24) is 24.8 Å². The molecule has 43 heavy (non-hydrogen) atoms. The number of ether oxygens (including phenoxy) is 2. The number of carbonyl (C=O) groups excluding carboxylic acids is 3. The van der Waals surface area contributed by atoms with Crippen molar-refractivity contribution in [2.75, 3.05) is 33.4 Å². The largest absolute Gasteiger partial charge is 0.444 e. The average molecular weight is 597 g/mol. The van der Waals surface area contributed by atoms with Crippen molar-refractivity contribution in [1.29, 1.82) is 0 Å². The number of aryl methyl sites for hydroxylation is 2. The smallest absolute Gasteiger partial charge is 0.410 e. The number of hydrogen-bond donors (Lipinski definition) is 1. The quantitative estimate of drug-likeness (QED) is 0.389. The van der Waals surface area contributed by atoms with Gasteiger partial charge in [-0.15, -0.1) is 5.10 Å². The molecule has 3 amide bonds. The molecule has 2 N–H and O–H groups in total. The van der Waals surface area contributed by atoms with Gasteiger partial charge in [0.25, 0.3) is 5.91 Å². The Bertz CT molecular complexity index is 1300. The van der Waals surface area contributed by atoms with Crippen molar-refractivity contribution in [2.24, 2.45) is 17.6 Å². The second-order valence-corrected chi connectivity index (χ2v) is 13.3. The molecule has 1 saturated heterocycles. The zero-order valence-electron chi connectivity index (χ0n) is 26.6. The highest BCUT2D eigenvalue weighted by molar-refractivity contribution is 5.94.